The van der Waals surface area contributed by atoms with Gasteiger partial charge in [-0.05, 0) is 42.5 Å². The van der Waals surface area contributed by atoms with Crippen LogP contribution in [-0.4, -0.2) is 40.4 Å². The number of amides is 1. The number of hydrogen-bond acceptors (Lipinski definition) is 6. The van der Waals surface area contributed by atoms with E-state index in [1.54, 1.807) is 37.5 Å². The number of benzene rings is 2. The molecule has 3 aromatic rings. The molecule has 0 spiro atoms. The smallest absolute Gasteiger partial charge is 0.277 e. The molecule has 0 radical (unpaired) electrons. The first kappa shape index (κ1) is 22.0. The third kappa shape index (κ3) is 5.70. The molecule has 0 aliphatic rings. The van der Waals surface area contributed by atoms with E-state index in [0.29, 0.717) is 18.0 Å². The summed E-state index contributed by atoms with van der Waals surface area (Å²) in [6, 6.07) is 11.8. The summed E-state index contributed by atoms with van der Waals surface area (Å²) in [7, 11) is 1.59. The summed E-state index contributed by atoms with van der Waals surface area (Å²) in [6.07, 6.45) is 1.60. The maximum Gasteiger partial charge on any atom is 0.277 e. The molecule has 6 nitrogen and oxygen atoms in total. The molecule has 1 amide bonds. The molecule has 0 fully saturated rings. The van der Waals surface area contributed by atoms with Crippen molar-refractivity contribution in [1.29, 1.82) is 0 Å². The van der Waals surface area contributed by atoms with E-state index in [0.717, 1.165) is 27.5 Å². The third-order valence-electron chi connectivity index (χ3n) is 4.13. The normalized spacial score (nSPS) is 10.6. The van der Waals surface area contributed by atoms with Crippen LogP contribution in [0, 0.1) is 5.82 Å². The number of thioether (sulfide) groups is 1. The zero-order chi connectivity index (χ0) is 21.5. The van der Waals surface area contributed by atoms with Crippen LogP contribution in [0.5, 0.6) is 5.75 Å². The second kappa shape index (κ2) is 10.4. The van der Waals surface area contributed by atoms with Gasteiger partial charge in [0.15, 0.2) is 0 Å². The maximum atomic E-state index is 14.1. The molecule has 30 heavy (non-hydrogen) atoms. The van der Waals surface area contributed by atoms with Crippen molar-refractivity contribution in [3.05, 3.63) is 71.0 Å². The van der Waals surface area contributed by atoms with E-state index in [-0.39, 0.29) is 29.2 Å². The summed E-state index contributed by atoms with van der Waals surface area (Å²) < 4.78 is 25.6. The quantitative estimate of drug-likeness (QED) is 0.311. The van der Waals surface area contributed by atoms with Crippen LogP contribution in [0.2, 0.25) is 0 Å². The summed E-state index contributed by atoms with van der Waals surface area (Å²) >= 11 is 4.45. The van der Waals surface area contributed by atoms with Crippen LogP contribution in [0.15, 0.2) is 69.2 Å². The molecule has 0 bridgehead atoms. The predicted molar refractivity (Wildman–Crippen MR) is 117 cm³/mol. The molecule has 156 valence electrons. The molecule has 0 aliphatic carbocycles. The molecule has 3 rings (SSSR count). The predicted octanol–water partition coefficient (Wildman–Crippen LogP) is 4.95. The van der Waals surface area contributed by atoms with Gasteiger partial charge in [-0.3, -0.25) is 4.79 Å². The molecule has 0 saturated heterocycles. The first-order chi connectivity index (χ1) is 14.5. The monoisotopic (exact) mass is 491 g/mol. The average Bonchev–Trinajstić information content (AvgIpc) is 3.23. The van der Waals surface area contributed by atoms with Crippen LogP contribution < -0.4 is 4.74 Å². The Bertz CT molecular complexity index is 1030. The highest BCUT2D eigenvalue weighted by Gasteiger charge is 2.17. The van der Waals surface area contributed by atoms with Crippen LogP contribution in [0.1, 0.15) is 5.56 Å². The van der Waals surface area contributed by atoms with E-state index < -0.39 is 0 Å². The van der Waals surface area contributed by atoms with Crippen molar-refractivity contribution in [2.75, 3.05) is 19.4 Å². The molecule has 0 atom stereocenters. The van der Waals surface area contributed by atoms with Gasteiger partial charge in [0.1, 0.15) is 11.6 Å². The Morgan fingerprint density at radius 1 is 1.30 bits per heavy atom. The van der Waals surface area contributed by atoms with Gasteiger partial charge in [0.2, 0.25) is 11.8 Å². The molecule has 0 saturated carbocycles. The zero-order valence-electron chi connectivity index (χ0n) is 16.2. The standard InChI is InChI=1S/C21H19BrFN3O3S/c1-3-10-26(12-15-11-16(22)6-9-18(15)23)19(27)13-30-21-25-24-20(29-21)14-4-7-17(28-2)8-5-14/h3-9,11H,1,10,12-13H2,2H3. The van der Waals surface area contributed by atoms with Crippen molar-refractivity contribution in [3.8, 4) is 17.2 Å². The van der Waals surface area contributed by atoms with Crippen molar-refractivity contribution in [2.24, 2.45) is 0 Å². The summed E-state index contributed by atoms with van der Waals surface area (Å²) in [5, 5.41) is 8.28. The molecule has 0 N–H and O–H groups in total. The molecule has 0 aliphatic heterocycles. The van der Waals surface area contributed by atoms with Gasteiger partial charge in [-0.15, -0.1) is 16.8 Å². The number of nitrogens with zero attached hydrogens (tertiary/aromatic N) is 3. The van der Waals surface area contributed by atoms with Gasteiger partial charge in [-0.1, -0.05) is 33.8 Å². The van der Waals surface area contributed by atoms with Gasteiger partial charge < -0.3 is 14.1 Å². The molecular weight excluding hydrogens is 473 g/mol. The highest BCUT2D eigenvalue weighted by molar-refractivity contribution is 9.10. The van der Waals surface area contributed by atoms with Crippen LogP contribution in [0.4, 0.5) is 4.39 Å². The Labute approximate surface area is 186 Å². The van der Waals surface area contributed by atoms with Crippen LogP contribution >= 0.6 is 27.7 Å². The van der Waals surface area contributed by atoms with Gasteiger partial charge in [0.05, 0.1) is 12.9 Å². The number of aromatic nitrogens is 2. The summed E-state index contributed by atoms with van der Waals surface area (Å²) in [6.45, 7) is 4.11. The maximum absolute atomic E-state index is 14.1. The van der Waals surface area contributed by atoms with Gasteiger partial charge in [0.25, 0.3) is 5.22 Å². The minimum atomic E-state index is -0.367. The van der Waals surface area contributed by atoms with E-state index in [9.17, 15) is 9.18 Å². The molecule has 1 aromatic heterocycles. The fourth-order valence-electron chi connectivity index (χ4n) is 2.61. The first-order valence-corrected chi connectivity index (χ1v) is 10.7. The van der Waals surface area contributed by atoms with E-state index in [2.05, 4.69) is 32.7 Å². The molecule has 9 heteroatoms. The van der Waals surface area contributed by atoms with Gasteiger partial charge in [-0.25, -0.2) is 4.39 Å². The highest BCUT2D eigenvalue weighted by Crippen LogP contribution is 2.25. The van der Waals surface area contributed by atoms with Gasteiger partial charge in [0, 0.05) is 28.7 Å². The van der Waals surface area contributed by atoms with Gasteiger partial charge >= 0.3 is 0 Å². The average molecular weight is 492 g/mol. The van der Waals surface area contributed by atoms with E-state index in [1.165, 1.54) is 11.0 Å². The van der Waals surface area contributed by atoms with E-state index in [4.69, 9.17) is 9.15 Å². The molecular formula is C21H19BrFN3O3S. The van der Waals surface area contributed by atoms with Crippen molar-refractivity contribution in [3.63, 3.8) is 0 Å². The number of carbonyl (C=O) groups excluding carboxylic acids is 1. The van der Waals surface area contributed by atoms with E-state index in [1.807, 2.05) is 12.1 Å². The van der Waals surface area contributed by atoms with Crippen molar-refractivity contribution >= 4 is 33.6 Å². The zero-order valence-corrected chi connectivity index (χ0v) is 18.6. The van der Waals surface area contributed by atoms with Gasteiger partial charge in [-0.2, -0.15) is 0 Å². The number of ether oxygens (including phenoxy) is 1. The lowest BCUT2D eigenvalue weighted by Gasteiger charge is -2.21. The number of hydrogen-bond donors (Lipinski definition) is 0. The lowest BCUT2D eigenvalue weighted by atomic mass is 10.2. The molecule has 1 heterocycles. The van der Waals surface area contributed by atoms with Crippen LogP contribution in [0.25, 0.3) is 11.5 Å². The van der Waals surface area contributed by atoms with Crippen molar-refractivity contribution in [1.82, 2.24) is 15.1 Å². The first-order valence-electron chi connectivity index (χ1n) is 8.93. The fraction of sp³-hybridized carbons (Fsp3) is 0.190. The van der Waals surface area contributed by atoms with Crippen LogP contribution in [-0.2, 0) is 11.3 Å². The fourth-order valence-corrected chi connectivity index (χ4v) is 3.69. The Morgan fingerprint density at radius 2 is 2.07 bits per heavy atom. The van der Waals surface area contributed by atoms with E-state index >= 15 is 0 Å². The number of halogens is 2. The largest absolute Gasteiger partial charge is 0.497 e. The SMILES string of the molecule is C=CCN(Cc1cc(Br)ccc1F)C(=O)CSc1nnc(-c2ccc(OC)cc2)o1. The highest BCUT2D eigenvalue weighted by atomic mass is 79.9. The number of carbonyl (C=O) groups is 1. The topological polar surface area (TPSA) is 68.5 Å². The molecule has 2 aromatic carbocycles. The Balaban J connectivity index is 1.63. The lowest BCUT2D eigenvalue weighted by molar-refractivity contribution is -0.128. The second-order valence-electron chi connectivity index (χ2n) is 6.19. The Hall–Kier alpha value is -2.65. The van der Waals surface area contributed by atoms with Crippen molar-refractivity contribution in [2.45, 2.75) is 11.8 Å². The third-order valence-corrected chi connectivity index (χ3v) is 5.43. The second-order valence-corrected chi connectivity index (χ2v) is 8.03. The number of methoxy groups -OCH3 is 1. The Kier molecular flexibility index (Phi) is 7.64. The summed E-state index contributed by atoms with van der Waals surface area (Å²) in [5.74, 6) is 0.597. The minimum absolute atomic E-state index is 0.0771. The Morgan fingerprint density at radius 3 is 2.77 bits per heavy atom. The van der Waals surface area contributed by atoms with Crippen LogP contribution in [0.3, 0.4) is 0 Å². The summed E-state index contributed by atoms with van der Waals surface area (Å²) in [4.78, 5) is 14.2. The summed E-state index contributed by atoms with van der Waals surface area (Å²) in [5.41, 5.74) is 1.17. The van der Waals surface area contributed by atoms with Crippen molar-refractivity contribution < 1.29 is 18.3 Å². The lowest BCUT2D eigenvalue weighted by Crippen LogP contribution is -2.32. The number of rotatable bonds is 9. The minimum Gasteiger partial charge on any atom is -0.497 e. The molecule has 0 unspecified atom stereocenters.